The average Bonchev–Trinajstić information content (AvgIpc) is 2.04. The Morgan fingerprint density at radius 1 is 1.33 bits per heavy atom. The molecule has 3 N–H and O–H groups in total. The third kappa shape index (κ3) is 1.60. The summed E-state index contributed by atoms with van der Waals surface area (Å²) in [6.45, 7) is 0. The molecule has 12 heavy (non-hydrogen) atoms. The summed E-state index contributed by atoms with van der Waals surface area (Å²) in [6, 6.07) is 5.71. The SMILES string of the molecule is O=[Si](O)N(O)c1ccccc1O. The first-order valence-corrected chi connectivity index (χ1v) is 4.43. The summed E-state index contributed by atoms with van der Waals surface area (Å²) >= 11 is 0. The summed E-state index contributed by atoms with van der Waals surface area (Å²) in [5.74, 6) is -0.243. The van der Waals surface area contributed by atoms with Crippen LogP contribution in [0.2, 0.25) is 0 Å². The van der Waals surface area contributed by atoms with E-state index in [0.717, 1.165) is 0 Å². The third-order valence-electron chi connectivity index (χ3n) is 1.29. The fourth-order valence-electron chi connectivity index (χ4n) is 0.746. The van der Waals surface area contributed by atoms with Gasteiger partial charge in [0.1, 0.15) is 11.4 Å². The zero-order chi connectivity index (χ0) is 9.14. The molecule has 1 rings (SSSR count). The van der Waals surface area contributed by atoms with Crippen molar-refractivity contribution in [2.45, 2.75) is 0 Å². The molecule has 1 aromatic carbocycles. The van der Waals surface area contributed by atoms with E-state index in [9.17, 15) is 4.46 Å². The molecule has 0 aliphatic heterocycles. The predicted octanol–water partition coefficient (Wildman–Crippen LogP) is -0.00450. The molecule has 0 saturated heterocycles. The summed E-state index contributed by atoms with van der Waals surface area (Å²) in [4.78, 5) is 8.51. The lowest BCUT2D eigenvalue weighted by molar-refractivity contribution is 0.274. The molecule has 0 fully saturated rings. The molecule has 0 amide bonds. The van der Waals surface area contributed by atoms with Gasteiger partial charge in [0.25, 0.3) is 0 Å². The number of rotatable bonds is 2. The fraction of sp³-hybridized carbons (Fsp3) is 0. The van der Waals surface area contributed by atoms with Crippen molar-refractivity contribution in [3.8, 4) is 5.75 Å². The zero-order valence-electron chi connectivity index (χ0n) is 6.01. The highest BCUT2D eigenvalue weighted by molar-refractivity contribution is 6.38. The second-order valence-electron chi connectivity index (χ2n) is 2.08. The minimum absolute atomic E-state index is 0.0797. The van der Waals surface area contributed by atoms with Gasteiger partial charge in [0.2, 0.25) is 0 Å². The first-order chi connectivity index (χ1) is 5.63. The number of phenols is 1. The van der Waals surface area contributed by atoms with Crippen LogP contribution in [-0.2, 0) is 4.46 Å². The Hall–Kier alpha value is -1.40. The fourth-order valence-corrected chi connectivity index (χ4v) is 1.14. The van der Waals surface area contributed by atoms with Gasteiger partial charge in [0.15, 0.2) is 0 Å². The van der Waals surface area contributed by atoms with Gasteiger partial charge in [0, 0.05) is 0 Å². The van der Waals surface area contributed by atoms with Crippen LogP contribution >= 0.6 is 0 Å². The lowest BCUT2D eigenvalue weighted by Gasteiger charge is -2.10. The van der Waals surface area contributed by atoms with Gasteiger partial charge in [-0.2, -0.15) is 4.73 Å². The molecule has 1 aromatic rings. The van der Waals surface area contributed by atoms with Gasteiger partial charge in [-0.15, -0.1) is 0 Å². The maximum Gasteiger partial charge on any atom is 0.665 e. The topological polar surface area (TPSA) is 81.0 Å². The van der Waals surface area contributed by atoms with Crippen LogP contribution in [0.3, 0.4) is 0 Å². The van der Waals surface area contributed by atoms with Gasteiger partial charge in [0.05, 0.1) is 0 Å². The van der Waals surface area contributed by atoms with E-state index in [0.29, 0.717) is 0 Å². The minimum atomic E-state index is -3.21. The molecule has 0 bridgehead atoms. The average molecular weight is 185 g/mol. The number of para-hydroxylation sites is 2. The van der Waals surface area contributed by atoms with Gasteiger partial charge in [-0.05, 0) is 12.1 Å². The van der Waals surface area contributed by atoms with Crippen molar-refractivity contribution in [3.05, 3.63) is 24.3 Å². The maximum absolute atomic E-state index is 10.4. The molecule has 5 nitrogen and oxygen atoms in total. The molecule has 0 unspecified atom stereocenters. The predicted molar refractivity (Wildman–Crippen MR) is 41.0 cm³/mol. The van der Waals surface area contributed by atoms with Crippen LogP contribution in [0, 0.1) is 0 Å². The second kappa shape index (κ2) is 3.33. The van der Waals surface area contributed by atoms with Crippen LogP contribution in [0.1, 0.15) is 0 Å². The largest absolute Gasteiger partial charge is 0.665 e. The molecule has 0 heterocycles. The van der Waals surface area contributed by atoms with Crippen LogP contribution in [-0.4, -0.2) is 24.2 Å². The summed E-state index contributed by atoms with van der Waals surface area (Å²) < 4.78 is 10.5. The van der Waals surface area contributed by atoms with Crippen molar-refractivity contribution < 1.29 is 19.6 Å². The second-order valence-corrected chi connectivity index (χ2v) is 3.07. The van der Waals surface area contributed by atoms with E-state index in [-0.39, 0.29) is 16.2 Å². The highest BCUT2D eigenvalue weighted by atomic mass is 28.3. The summed E-state index contributed by atoms with van der Waals surface area (Å²) in [5, 5.41) is 18.0. The quantitative estimate of drug-likeness (QED) is 0.446. The number of anilines is 1. The van der Waals surface area contributed by atoms with E-state index in [1.807, 2.05) is 0 Å². The van der Waals surface area contributed by atoms with Gasteiger partial charge >= 0.3 is 9.09 Å². The van der Waals surface area contributed by atoms with Crippen molar-refractivity contribution in [3.63, 3.8) is 0 Å². The number of hydrogen-bond donors (Lipinski definition) is 3. The van der Waals surface area contributed by atoms with Crippen molar-refractivity contribution in [2.24, 2.45) is 0 Å². The number of hydrogen-bond acceptors (Lipinski definition) is 3. The van der Waals surface area contributed by atoms with Crippen molar-refractivity contribution >= 4 is 14.8 Å². The Labute approximate surface area is 69.9 Å². The van der Waals surface area contributed by atoms with Crippen LogP contribution in [0.4, 0.5) is 5.69 Å². The number of aromatic hydroxyl groups is 1. The maximum atomic E-state index is 10.4. The Morgan fingerprint density at radius 3 is 2.42 bits per heavy atom. The van der Waals surface area contributed by atoms with Gasteiger partial charge in [-0.1, -0.05) is 12.1 Å². The van der Waals surface area contributed by atoms with E-state index in [2.05, 4.69) is 0 Å². The first kappa shape index (κ1) is 8.69. The molecule has 0 saturated carbocycles. The number of nitrogens with zero attached hydrogens (tertiary/aromatic N) is 1. The minimum Gasteiger partial charge on any atom is -0.524 e. The molecule has 6 heteroatoms. The molecule has 0 aromatic heterocycles. The molecule has 0 atom stereocenters. The molecule has 0 aliphatic carbocycles. The van der Waals surface area contributed by atoms with Crippen LogP contribution in [0.5, 0.6) is 5.75 Å². The molecule has 0 radical (unpaired) electrons. The van der Waals surface area contributed by atoms with Crippen molar-refractivity contribution in [2.75, 3.05) is 4.73 Å². The summed E-state index contributed by atoms with van der Waals surface area (Å²) in [5.41, 5.74) is -0.0797. The van der Waals surface area contributed by atoms with Gasteiger partial charge in [-0.3, -0.25) is 5.21 Å². The lowest BCUT2D eigenvalue weighted by Crippen LogP contribution is -2.28. The molecular formula is C6H7NO4Si. The molecule has 64 valence electrons. The first-order valence-electron chi connectivity index (χ1n) is 3.13. The molecule has 0 aliphatic rings. The van der Waals surface area contributed by atoms with Gasteiger partial charge in [-0.25, -0.2) is 0 Å². The molecule has 0 spiro atoms. The number of phenolic OH excluding ortho intramolecular Hbond substituents is 1. The van der Waals surface area contributed by atoms with Gasteiger partial charge < -0.3 is 14.4 Å². The van der Waals surface area contributed by atoms with Crippen molar-refractivity contribution in [1.82, 2.24) is 0 Å². The highest BCUT2D eigenvalue weighted by Gasteiger charge is 2.17. The lowest BCUT2D eigenvalue weighted by atomic mass is 10.3. The van der Waals surface area contributed by atoms with Crippen LogP contribution in [0.15, 0.2) is 24.3 Å². The Balaban J connectivity index is 3.02. The summed E-state index contributed by atoms with van der Waals surface area (Å²) in [6.07, 6.45) is 0. The van der Waals surface area contributed by atoms with E-state index >= 15 is 0 Å². The number of benzene rings is 1. The zero-order valence-corrected chi connectivity index (χ0v) is 7.01. The van der Waals surface area contributed by atoms with Crippen LogP contribution in [0.25, 0.3) is 0 Å². The Bertz CT molecular complexity index is 303. The third-order valence-corrected chi connectivity index (χ3v) is 1.89. The van der Waals surface area contributed by atoms with E-state index in [1.54, 1.807) is 6.07 Å². The normalized spacial score (nSPS) is 9.42. The Morgan fingerprint density at radius 2 is 1.92 bits per heavy atom. The van der Waals surface area contributed by atoms with E-state index < -0.39 is 9.09 Å². The highest BCUT2D eigenvalue weighted by Crippen LogP contribution is 2.24. The van der Waals surface area contributed by atoms with Crippen LogP contribution < -0.4 is 4.73 Å². The standard InChI is InChI=1S/C6H7NO4Si/c8-6-4-2-1-3-5(6)7(9)12(10)11/h1-4,8-10H. The smallest absolute Gasteiger partial charge is 0.524 e. The van der Waals surface area contributed by atoms with Crippen molar-refractivity contribution in [1.29, 1.82) is 0 Å². The monoisotopic (exact) mass is 185 g/mol. The van der Waals surface area contributed by atoms with E-state index in [4.69, 9.17) is 15.1 Å². The van der Waals surface area contributed by atoms with E-state index in [1.165, 1.54) is 18.2 Å². The Kier molecular flexibility index (Phi) is 2.41. The molecular weight excluding hydrogens is 178 g/mol. The summed E-state index contributed by atoms with van der Waals surface area (Å²) in [7, 11) is -3.21.